The van der Waals surface area contributed by atoms with Gasteiger partial charge < -0.3 is 15.2 Å². The SMILES string of the molecule is COc1c(C(=O)O[C@H](C(N)=O)c2ccccc2)ccc2[nH]nc(C=Cc3ccc(F)cc3)c12. The highest BCUT2D eigenvalue weighted by atomic mass is 19.1. The lowest BCUT2D eigenvalue weighted by molar-refractivity contribution is -0.127. The number of nitrogens with zero attached hydrogens (tertiary/aromatic N) is 1. The maximum Gasteiger partial charge on any atom is 0.343 e. The summed E-state index contributed by atoms with van der Waals surface area (Å²) in [5.74, 6) is -1.65. The number of carbonyl (C=O) groups is 2. The molecule has 33 heavy (non-hydrogen) atoms. The summed E-state index contributed by atoms with van der Waals surface area (Å²) in [6.45, 7) is 0. The molecule has 8 heteroatoms. The molecule has 166 valence electrons. The molecule has 0 spiro atoms. The number of aromatic nitrogens is 2. The van der Waals surface area contributed by atoms with Crippen LogP contribution >= 0.6 is 0 Å². The van der Waals surface area contributed by atoms with E-state index in [-0.39, 0.29) is 17.1 Å². The van der Waals surface area contributed by atoms with E-state index in [1.807, 2.05) is 0 Å². The number of carbonyl (C=O) groups excluding carboxylic acids is 2. The van der Waals surface area contributed by atoms with Gasteiger partial charge in [0.25, 0.3) is 5.91 Å². The molecule has 0 aliphatic heterocycles. The number of halogens is 1. The molecule has 0 unspecified atom stereocenters. The van der Waals surface area contributed by atoms with Crippen LogP contribution < -0.4 is 10.5 Å². The lowest BCUT2D eigenvalue weighted by atomic mass is 10.1. The Balaban J connectivity index is 1.69. The minimum atomic E-state index is -1.25. The Kier molecular flexibility index (Phi) is 6.17. The quantitative estimate of drug-likeness (QED) is 0.413. The van der Waals surface area contributed by atoms with E-state index in [2.05, 4.69) is 10.2 Å². The van der Waals surface area contributed by atoms with Gasteiger partial charge in [-0.1, -0.05) is 48.5 Å². The Bertz CT molecular complexity index is 1330. The summed E-state index contributed by atoms with van der Waals surface area (Å²) in [5, 5.41) is 7.73. The molecular formula is C25H20FN3O4. The largest absolute Gasteiger partial charge is 0.495 e. The van der Waals surface area contributed by atoms with Gasteiger partial charge in [-0.15, -0.1) is 0 Å². The van der Waals surface area contributed by atoms with Crippen LogP contribution in [0.25, 0.3) is 23.1 Å². The van der Waals surface area contributed by atoms with Crippen molar-refractivity contribution in [2.45, 2.75) is 6.10 Å². The van der Waals surface area contributed by atoms with Crippen LogP contribution in [0.1, 0.15) is 33.3 Å². The number of esters is 1. The molecule has 0 fully saturated rings. The molecule has 0 saturated carbocycles. The van der Waals surface area contributed by atoms with E-state index in [0.717, 1.165) is 5.56 Å². The smallest absolute Gasteiger partial charge is 0.343 e. The summed E-state index contributed by atoms with van der Waals surface area (Å²) in [6.07, 6.45) is 2.24. The minimum absolute atomic E-state index is 0.116. The number of nitrogens with one attached hydrogen (secondary N) is 1. The van der Waals surface area contributed by atoms with Crippen LogP contribution in [0.3, 0.4) is 0 Å². The molecule has 3 N–H and O–H groups in total. The monoisotopic (exact) mass is 445 g/mol. The average Bonchev–Trinajstić information content (AvgIpc) is 3.25. The number of fused-ring (bicyclic) bond motifs is 1. The summed E-state index contributed by atoms with van der Waals surface area (Å²) in [6, 6.07) is 17.7. The van der Waals surface area contributed by atoms with Crippen molar-refractivity contribution in [2.75, 3.05) is 7.11 Å². The van der Waals surface area contributed by atoms with E-state index in [9.17, 15) is 14.0 Å². The van der Waals surface area contributed by atoms with E-state index in [4.69, 9.17) is 15.2 Å². The second-order valence-electron chi connectivity index (χ2n) is 7.16. The van der Waals surface area contributed by atoms with E-state index in [0.29, 0.717) is 22.2 Å². The number of H-pyrrole nitrogens is 1. The van der Waals surface area contributed by atoms with Gasteiger partial charge in [-0.25, -0.2) is 9.18 Å². The summed E-state index contributed by atoms with van der Waals surface area (Å²) < 4.78 is 24.1. The molecule has 4 rings (SSSR count). The van der Waals surface area contributed by atoms with Gasteiger partial charge in [-0.05, 0) is 35.9 Å². The molecule has 4 aromatic rings. The van der Waals surface area contributed by atoms with E-state index in [1.54, 1.807) is 60.7 Å². The molecule has 1 atom stereocenters. The van der Waals surface area contributed by atoms with E-state index < -0.39 is 18.0 Å². The number of rotatable bonds is 7. The molecule has 1 heterocycles. The third-order valence-electron chi connectivity index (χ3n) is 5.02. The van der Waals surface area contributed by atoms with Crippen LogP contribution in [0.15, 0.2) is 66.7 Å². The summed E-state index contributed by atoms with van der Waals surface area (Å²) in [7, 11) is 1.43. The van der Waals surface area contributed by atoms with Gasteiger partial charge in [-0.3, -0.25) is 9.89 Å². The number of hydrogen-bond acceptors (Lipinski definition) is 5. The number of hydrogen-bond donors (Lipinski definition) is 2. The number of amides is 1. The fourth-order valence-corrected chi connectivity index (χ4v) is 3.44. The van der Waals surface area contributed by atoms with Gasteiger partial charge in [-0.2, -0.15) is 5.10 Å². The van der Waals surface area contributed by atoms with Gasteiger partial charge in [0.15, 0.2) is 0 Å². The van der Waals surface area contributed by atoms with Crippen molar-refractivity contribution < 1.29 is 23.5 Å². The molecule has 0 aliphatic carbocycles. The highest BCUT2D eigenvalue weighted by Crippen LogP contribution is 2.33. The predicted octanol–water partition coefficient (Wildman–Crippen LogP) is 4.26. The third-order valence-corrected chi connectivity index (χ3v) is 5.02. The summed E-state index contributed by atoms with van der Waals surface area (Å²) >= 11 is 0. The standard InChI is InChI=1S/C25H20FN3O4/c1-32-23-18(25(31)33-22(24(27)30)16-5-3-2-4-6-16)12-14-20-21(23)19(28-29-20)13-9-15-7-10-17(26)11-8-15/h2-14,22H,1H3,(H2,27,30)(H,28,29)/t22-/m0/s1. The lowest BCUT2D eigenvalue weighted by Gasteiger charge is -2.16. The number of methoxy groups -OCH3 is 1. The lowest BCUT2D eigenvalue weighted by Crippen LogP contribution is -2.26. The van der Waals surface area contributed by atoms with Crippen LogP contribution in [0.2, 0.25) is 0 Å². The number of nitrogens with two attached hydrogens (primary N) is 1. The predicted molar refractivity (Wildman–Crippen MR) is 122 cm³/mol. The zero-order valence-corrected chi connectivity index (χ0v) is 17.6. The second kappa shape index (κ2) is 9.35. The van der Waals surface area contributed by atoms with Gasteiger partial charge in [0.05, 0.1) is 23.7 Å². The number of primary amides is 1. The Morgan fingerprint density at radius 3 is 2.42 bits per heavy atom. The fraction of sp³-hybridized carbons (Fsp3) is 0.0800. The first-order valence-electron chi connectivity index (χ1n) is 10.0. The molecule has 1 amide bonds. The molecule has 0 bridgehead atoms. The highest BCUT2D eigenvalue weighted by molar-refractivity contribution is 6.04. The Hall–Kier alpha value is -4.46. The minimum Gasteiger partial charge on any atom is -0.495 e. The van der Waals surface area contributed by atoms with Crippen LogP contribution in [0.4, 0.5) is 4.39 Å². The Morgan fingerprint density at radius 2 is 1.76 bits per heavy atom. The molecule has 0 aliphatic rings. The van der Waals surface area contributed by atoms with Crippen LogP contribution in [0.5, 0.6) is 5.75 Å². The molecule has 1 aromatic heterocycles. The Labute approximate surface area is 188 Å². The normalized spacial score (nSPS) is 12.1. The maximum atomic E-state index is 13.1. The maximum absolute atomic E-state index is 13.1. The third kappa shape index (κ3) is 4.59. The van der Waals surface area contributed by atoms with Gasteiger partial charge in [0.1, 0.15) is 17.1 Å². The van der Waals surface area contributed by atoms with E-state index >= 15 is 0 Å². The molecule has 0 saturated heterocycles. The van der Waals surface area contributed by atoms with Crippen LogP contribution in [-0.2, 0) is 9.53 Å². The van der Waals surface area contributed by atoms with Crippen molar-refractivity contribution in [3.8, 4) is 5.75 Å². The summed E-state index contributed by atoms with van der Waals surface area (Å²) in [4.78, 5) is 25.0. The first-order chi connectivity index (χ1) is 16.0. The van der Waals surface area contributed by atoms with Crippen molar-refractivity contribution >= 4 is 34.9 Å². The first-order valence-corrected chi connectivity index (χ1v) is 10.0. The molecular weight excluding hydrogens is 425 g/mol. The average molecular weight is 445 g/mol. The second-order valence-corrected chi connectivity index (χ2v) is 7.16. The first kappa shape index (κ1) is 21.8. The van der Waals surface area contributed by atoms with Crippen molar-refractivity contribution in [1.82, 2.24) is 10.2 Å². The van der Waals surface area contributed by atoms with Gasteiger partial charge >= 0.3 is 5.97 Å². The number of benzene rings is 3. The van der Waals surface area contributed by atoms with Gasteiger partial charge in [0.2, 0.25) is 6.10 Å². The topological polar surface area (TPSA) is 107 Å². The van der Waals surface area contributed by atoms with Crippen molar-refractivity contribution in [3.63, 3.8) is 0 Å². The molecule has 0 radical (unpaired) electrons. The number of aromatic amines is 1. The van der Waals surface area contributed by atoms with Crippen molar-refractivity contribution in [1.29, 1.82) is 0 Å². The zero-order chi connectivity index (χ0) is 23.4. The summed E-state index contributed by atoms with van der Waals surface area (Å²) in [5.41, 5.74) is 7.97. The zero-order valence-electron chi connectivity index (χ0n) is 17.6. The molecule has 3 aromatic carbocycles. The van der Waals surface area contributed by atoms with E-state index in [1.165, 1.54) is 25.3 Å². The molecule has 7 nitrogen and oxygen atoms in total. The Morgan fingerprint density at radius 1 is 1.03 bits per heavy atom. The highest BCUT2D eigenvalue weighted by Gasteiger charge is 2.26. The number of ether oxygens (including phenoxy) is 2. The fourth-order valence-electron chi connectivity index (χ4n) is 3.44. The van der Waals surface area contributed by atoms with Crippen LogP contribution in [-0.4, -0.2) is 29.2 Å². The van der Waals surface area contributed by atoms with Crippen molar-refractivity contribution in [3.05, 3.63) is 94.9 Å². The van der Waals surface area contributed by atoms with Crippen LogP contribution in [0, 0.1) is 5.82 Å². The van der Waals surface area contributed by atoms with Crippen molar-refractivity contribution in [2.24, 2.45) is 5.73 Å². The van der Waals surface area contributed by atoms with Gasteiger partial charge in [0, 0.05) is 5.56 Å².